The maximum absolute atomic E-state index is 13.8. The van der Waals surface area contributed by atoms with Gasteiger partial charge in [-0.25, -0.2) is 17.0 Å². The van der Waals surface area contributed by atoms with Crippen molar-refractivity contribution in [1.29, 1.82) is 0 Å². The van der Waals surface area contributed by atoms with E-state index in [0.29, 0.717) is 0 Å². The zero-order valence-electron chi connectivity index (χ0n) is 10.1. The van der Waals surface area contributed by atoms with Crippen LogP contribution in [0.3, 0.4) is 0 Å². The first-order chi connectivity index (χ1) is 10.2. The fraction of sp³-hybridized carbons (Fsp3) is 1.00. The minimum Gasteiger partial charge on any atom is -0.248 e. The molecule has 0 aromatic carbocycles. The fourth-order valence-corrected chi connectivity index (χ4v) is 5.22. The molecule has 0 aromatic rings. The van der Waals surface area contributed by atoms with Crippen LogP contribution in [0, 0.1) is 0 Å². The third-order valence-corrected chi connectivity index (χ3v) is 8.32. The van der Waals surface area contributed by atoms with Gasteiger partial charge in [0, 0.05) is 0 Å². The Morgan fingerprint density at radius 3 is 1.50 bits per heavy atom. The molecule has 2 atom stereocenters. The van der Waals surface area contributed by atoms with Crippen molar-refractivity contribution in [2.45, 2.75) is 35.2 Å². The van der Waals surface area contributed by atoms with Gasteiger partial charge in [-0.3, -0.25) is 0 Å². The molecule has 0 heterocycles. The number of halogens is 13. The van der Waals surface area contributed by atoms with E-state index in [1.165, 1.54) is 4.39 Å². The Morgan fingerprint density at radius 1 is 0.792 bits per heavy atom. The third kappa shape index (κ3) is 1.86. The van der Waals surface area contributed by atoms with Crippen molar-refractivity contribution in [1.82, 2.24) is 0 Å². The number of alkyl halides is 10. The molecule has 1 aliphatic carbocycles. The fourth-order valence-electron chi connectivity index (χ4n) is 1.75. The van der Waals surface area contributed by atoms with Gasteiger partial charge in [0.05, 0.1) is 0 Å². The maximum atomic E-state index is 13.8. The van der Waals surface area contributed by atoms with Crippen LogP contribution in [0.1, 0.15) is 0 Å². The van der Waals surface area contributed by atoms with E-state index in [1.807, 2.05) is 0 Å². The molecule has 1 saturated carbocycles. The first-order valence-corrected chi connectivity index (χ1v) is 8.87. The monoisotopic (exact) mass is 428 g/mol. The normalized spacial score (nSPS) is 34.8. The Morgan fingerprint density at radius 2 is 1.17 bits per heavy atom. The Balaban J connectivity index is 3.94. The first-order valence-electron chi connectivity index (χ1n) is 4.98. The van der Waals surface area contributed by atoms with Crippen LogP contribution in [0.5, 0.6) is 0 Å². The average Bonchev–Trinajstić information content (AvgIpc) is 2.42. The van der Waals surface area contributed by atoms with Crippen molar-refractivity contribution in [3.8, 4) is 0 Å². The molecule has 2 unspecified atom stereocenters. The molecule has 1 rings (SSSR count). The Bertz CT molecular complexity index is 632. The van der Waals surface area contributed by atoms with Crippen molar-refractivity contribution in [3.05, 3.63) is 0 Å². The highest BCUT2D eigenvalue weighted by Crippen LogP contribution is 2.67. The summed E-state index contributed by atoms with van der Waals surface area (Å²) in [5.41, 5.74) is 0. The molecule has 0 N–H and O–H groups in total. The van der Waals surface area contributed by atoms with Crippen LogP contribution in [0.15, 0.2) is 0 Å². The van der Waals surface area contributed by atoms with Crippen molar-refractivity contribution in [2.24, 2.45) is 0 Å². The molecular weight excluding hydrogens is 427 g/mol. The van der Waals surface area contributed by atoms with E-state index in [9.17, 15) is 65.1 Å². The Labute approximate surface area is 123 Å². The summed E-state index contributed by atoms with van der Waals surface area (Å²) in [4.78, 5) is 0. The summed E-state index contributed by atoms with van der Waals surface area (Å²) >= 11 is 0. The second-order valence-corrected chi connectivity index (χ2v) is 10.3. The van der Waals surface area contributed by atoms with Gasteiger partial charge in [0.25, 0.3) is 5.29 Å². The van der Waals surface area contributed by atoms with Gasteiger partial charge in [-0.15, -0.1) is 0 Å². The summed E-state index contributed by atoms with van der Waals surface area (Å²) < 4.78 is 191. The average molecular weight is 428 g/mol. The van der Waals surface area contributed by atoms with Gasteiger partial charge in [0.2, 0.25) is 6.17 Å². The van der Waals surface area contributed by atoms with Gasteiger partial charge in [-0.2, -0.15) is 43.5 Å². The number of hydrogen-bond donors (Lipinski definition) is 0. The summed E-state index contributed by atoms with van der Waals surface area (Å²) in [5, 5.41) is -7.39. The summed E-state index contributed by atoms with van der Waals surface area (Å²) in [6, 6.07) is 0. The molecule has 0 aliphatic heterocycles. The number of hydrogen-bond acceptors (Lipinski definition) is 3. The summed E-state index contributed by atoms with van der Waals surface area (Å²) in [7, 11) is -16.9. The van der Waals surface area contributed by atoms with Crippen molar-refractivity contribution in [3.63, 3.8) is 0 Å². The van der Waals surface area contributed by atoms with Crippen LogP contribution in [-0.2, 0) is 14.0 Å². The van der Waals surface area contributed by atoms with E-state index in [-0.39, 0.29) is 0 Å². The largest absolute Gasteiger partial charge is 0.630 e. The molecule has 144 valence electrons. The SMILES string of the molecule is O=S(=O)(OF)[Si](F)(F)C1(F)C(F)C(F)(F)C(F)(F)C(F)(F)C1(F)F. The molecule has 1 aliphatic rings. The lowest BCUT2D eigenvalue weighted by molar-refractivity contribution is -0.432. The highest BCUT2D eigenvalue weighted by Gasteiger charge is 3.02. The van der Waals surface area contributed by atoms with Gasteiger partial charge < -0.3 is 0 Å². The predicted octanol–water partition coefficient (Wildman–Crippen LogP) is 3.24. The highest BCUT2D eigenvalue weighted by molar-refractivity contribution is 8.17. The quantitative estimate of drug-likeness (QED) is 0.394. The van der Waals surface area contributed by atoms with E-state index in [1.54, 1.807) is 0 Å². The van der Waals surface area contributed by atoms with Crippen molar-refractivity contribution >= 4 is 17.5 Å². The second-order valence-electron chi connectivity index (χ2n) is 4.45. The summed E-state index contributed by atoms with van der Waals surface area (Å²) in [6.45, 7) is 0. The molecule has 3 nitrogen and oxygen atoms in total. The molecule has 18 heteroatoms. The molecule has 0 spiro atoms. The van der Waals surface area contributed by atoms with Crippen molar-refractivity contribution < 1.29 is 69.5 Å². The Hall–Kier alpha value is -0.783. The standard InChI is InChI=1S/C6HF13O3SSi/c7-1-2(8,9)4(11,12)6(15,16)5(13,14)3(1,10)24(18,19)23(20,21)22-17/h1H. The Kier molecular flexibility index (Phi) is 4.33. The first kappa shape index (κ1) is 21.3. The number of rotatable bonds is 3. The second kappa shape index (κ2) is 4.89. The summed E-state index contributed by atoms with van der Waals surface area (Å²) in [6.07, 6.45) is -6.15. The van der Waals surface area contributed by atoms with Crippen LogP contribution in [0.2, 0.25) is 0 Å². The van der Waals surface area contributed by atoms with Gasteiger partial charge in [-0.1, -0.05) is 4.39 Å². The van der Waals surface area contributed by atoms with Gasteiger partial charge in [0.1, 0.15) is 0 Å². The maximum Gasteiger partial charge on any atom is 0.630 e. The van der Waals surface area contributed by atoms with E-state index >= 15 is 0 Å². The molecule has 0 radical (unpaired) electrons. The summed E-state index contributed by atoms with van der Waals surface area (Å²) in [5.74, 6) is -30.0. The highest BCUT2D eigenvalue weighted by atomic mass is 32.4. The minimum absolute atomic E-state index is 1.42. The minimum atomic E-state index is -9.30. The lowest BCUT2D eigenvalue weighted by atomic mass is 9.82. The zero-order chi connectivity index (χ0) is 19.8. The van der Waals surface area contributed by atoms with E-state index in [0.717, 1.165) is 0 Å². The van der Waals surface area contributed by atoms with Gasteiger partial charge in [0.15, 0.2) is 0 Å². The lowest BCUT2D eigenvalue weighted by Gasteiger charge is -2.50. The smallest absolute Gasteiger partial charge is 0.248 e. The third-order valence-electron chi connectivity index (χ3n) is 3.15. The molecule has 0 amide bonds. The van der Waals surface area contributed by atoms with Crippen LogP contribution >= 0.6 is 0 Å². The molecule has 1 fully saturated rings. The van der Waals surface area contributed by atoms with E-state index in [2.05, 4.69) is 0 Å². The van der Waals surface area contributed by atoms with Crippen molar-refractivity contribution in [2.75, 3.05) is 0 Å². The lowest BCUT2D eigenvalue weighted by Crippen LogP contribution is -2.85. The van der Waals surface area contributed by atoms with Crippen LogP contribution < -0.4 is 0 Å². The molecular formula is C6HF13O3SSi. The molecule has 0 bridgehead atoms. The van der Waals surface area contributed by atoms with Crippen LogP contribution in [0.25, 0.3) is 0 Å². The molecule has 0 aromatic heterocycles. The molecule has 24 heavy (non-hydrogen) atoms. The van der Waals surface area contributed by atoms with E-state index in [4.69, 9.17) is 0 Å². The molecule has 0 saturated heterocycles. The predicted molar refractivity (Wildman–Crippen MR) is 47.6 cm³/mol. The van der Waals surface area contributed by atoms with Crippen LogP contribution in [-0.4, -0.2) is 51.5 Å². The van der Waals surface area contributed by atoms with Gasteiger partial charge >= 0.3 is 41.1 Å². The topological polar surface area (TPSA) is 43.4 Å². The zero-order valence-corrected chi connectivity index (χ0v) is 11.9. The van der Waals surface area contributed by atoms with Crippen LogP contribution in [0.4, 0.5) is 56.6 Å². The van der Waals surface area contributed by atoms with Gasteiger partial charge in [-0.05, 0) is 4.53 Å². The van der Waals surface area contributed by atoms with E-state index < -0.39 is 52.6 Å².